The molecule has 194 valence electrons. The SMILES string of the molecule is C[C@@H](O)CCc1ccc(N2CCN(C[C@](O)(P)c3ccc(C#N)cc3)C[C@H]2c2ccc(F)cc2)c(Cl)c1. The lowest BCUT2D eigenvalue weighted by Crippen LogP contribution is -2.51. The summed E-state index contributed by atoms with van der Waals surface area (Å²) in [7, 11) is 2.55. The van der Waals surface area contributed by atoms with E-state index in [0.29, 0.717) is 48.7 Å². The Labute approximate surface area is 225 Å². The maximum Gasteiger partial charge on any atom is 0.123 e. The van der Waals surface area contributed by atoms with Crippen LogP contribution in [-0.4, -0.2) is 47.4 Å². The van der Waals surface area contributed by atoms with Gasteiger partial charge in [-0.25, -0.2) is 4.39 Å². The third-order valence-corrected chi connectivity index (χ3v) is 7.69. The minimum atomic E-state index is -1.19. The number of benzene rings is 3. The largest absolute Gasteiger partial charge is 0.393 e. The van der Waals surface area contributed by atoms with Gasteiger partial charge in [-0.05, 0) is 72.9 Å². The maximum atomic E-state index is 13.7. The van der Waals surface area contributed by atoms with Crippen LogP contribution < -0.4 is 4.90 Å². The molecule has 4 atom stereocenters. The summed E-state index contributed by atoms with van der Waals surface area (Å²) in [5.41, 5.74) is 4.20. The zero-order valence-electron chi connectivity index (χ0n) is 20.8. The first kappa shape index (κ1) is 27.5. The molecule has 1 aliphatic rings. The van der Waals surface area contributed by atoms with E-state index in [0.717, 1.165) is 23.2 Å². The second-order valence-electron chi connectivity index (χ2n) is 9.78. The predicted octanol–water partition coefficient (Wildman–Crippen LogP) is 5.25. The number of aliphatic hydroxyl groups is 2. The summed E-state index contributed by atoms with van der Waals surface area (Å²) >= 11 is 6.76. The quantitative estimate of drug-likeness (QED) is 0.383. The zero-order chi connectivity index (χ0) is 26.6. The fourth-order valence-electron chi connectivity index (χ4n) is 4.82. The monoisotopic (exact) mass is 539 g/mol. The molecule has 0 radical (unpaired) electrons. The van der Waals surface area contributed by atoms with E-state index in [9.17, 15) is 14.6 Å². The van der Waals surface area contributed by atoms with Gasteiger partial charge in [0.1, 0.15) is 11.2 Å². The number of aliphatic hydroxyl groups excluding tert-OH is 1. The molecular weight excluding hydrogens is 508 g/mol. The van der Waals surface area contributed by atoms with Gasteiger partial charge in [-0.1, -0.05) is 51.2 Å². The van der Waals surface area contributed by atoms with Crippen molar-refractivity contribution in [2.45, 2.75) is 37.3 Å². The van der Waals surface area contributed by atoms with Crippen molar-refractivity contribution in [3.8, 4) is 6.07 Å². The number of hydrogen-bond acceptors (Lipinski definition) is 5. The third kappa shape index (κ3) is 6.87. The van der Waals surface area contributed by atoms with Crippen molar-refractivity contribution in [2.75, 3.05) is 31.1 Å². The molecule has 1 saturated heterocycles. The molecule has 0 saturated carbocycles. The summed E-state index contributed by atoms with van der Waals surface area (Å²) < 4.78 is 13.7. The van der Waals surface area contributed by atoms with Crippen LogP contribution in [0.5, 0.6) is 0 Å². The van der Waals surface area contributed by atoms with Gasteiger partial charge in [-0.3, -0.25) is 4.90 Å². The topological polar surface area (TPSA) is 70.7 Å². The van der Waals surface area contributed by atoms with E-state index in [1.807, 2.05) is 18.2 Å². The van der Waals surface area contributed by atoms with E-state index in [-0.39, 0.29) is 18.0 Å². The van der Waals surface area contributed by atoms with Crippen molar-refractivity contribution in [1.82, 2.24) is 4.90 Å². The van der Waals surface area contributed by atoms with Crippen molar-refractivity contribution in [3.63, 3.8) is 0 Å². The summed E-state index contributed by atoms with van der Waals surface area (Å²) in [6, 6.07) is 21.5. The smallest absolute Gasteiger partial charge is 0.123 e. The molecule has 0 amide bonds. The normalized spacial score (nSPS) is 18.7. The number of halogens is 2. The number of hydrogen-bond donors (Lipinski definition) is 2. The van der Waals surface area contributed by atoms with Crippen LogP contribution in [-0.2, 0) is 11.8 Å². The lowest BCUT2D eigenvalue weighted by Gasteiger charge is -2.45. The highest BCUT2D eigenvalue weighted by Crippen LogP contribution is 2.38. The fourth-order valence-corrected chi connectivity index (χ4v) is 5.58. The molecule has 2 N–H and O–H groups in total. The molecule has 1 heterocycles. The number of β-amino-alcohol motifs (C(OH)–C–C–N with tert-alkyl or cyclic N) is 1. The molecule has 0 aliphatic carbocycles. The van der Waals surface area contributed by atoms with Crippen LogP contribution in [0.25, 0.3) is 0 Å². The first-order valence-electron chi connectivity index (χ1n) is 12.4. The zero-order valence-corrected chi connectivity index (χ0v) is 22.7. The number of rotatable bonds is 8. The van der Waals surface area contributed by atoms with E-state index < -0.39 is 5.34 Å². The molecular formula is C29H32ClFN3O2P. The van der Waals surface area contributed by atoms with Crippen LogP contribution >= 0.6 is 20.8 Å². The van der Waals surface area contributed by atoms with Gasteiger partial charge in [0.05, 0.1) is 34.5 Å². The van der Waals surface area contributed by atoms with E-state index >= 15 is 0 Å². The van der Waals surface area contributed by atoms with Gasteiger partial charge < -0.3 is 15.1 Å². The Bertz CT molecular complexity index is 1250. The number of nitriles is 1. The van der Waals surface area contributed by atoms with Crippen LogP contribution in [0.1, 0.15) is 41.6 Å². The van der Waals surface area contributed by atoms with Crippen molar-refractivity contribution in [1.29, 1.82) is 5.26 Å². The highest BCUT2D eigenvalue weighted by Gasteiger charge is 2.34. The summed E-state index contributed by atoms with van der Waals surface area (Å²) in [5, 5.41) is 29.4. The Morgan fingerprint density at radius 3 is 2.46 bits per heavy atom. The average molecular weight is 540 g/mol. The molecule has 0 spiro atoms. The number of nitrogens with zero attached hydrogens (tertiary/aromatic N) is 3. The molecule has 5 nitrogen and oxygen atoms in total. The predicted molar refractivity (Wildman–Crippen MR) is 149 cm³/mol. The van der Waals surface area contributed by atoms with Crippen molar-refractivity contribution in [2.24, 2.45) is 0 Å². The van der Waals surface area contributed by atoms with Crippen LogP contribution in [0.15, 0.2) is 66.7 Å². The molecule has 3 aromatic rings. The van der Waals surface area contributed by atoms with Gasteiger partial charge >= 0.3 is 0 Å². The molecule has 0 bridgehead atoms. The number of aryl methyl sites for hydroxylation is 1. The molecule has 37 heavy (non-hydrogen) atoms. The van der Waals surface area contributed by atoms with E-state index in [1.54, 1.807) is 43.3 Å². The molecule has 4 rings (SSSR count). The average Bonchev–Trinajstić information content (AvgIpc) is 2.88. The van der Waals surface area contributed by atoms with Gasteiger partial charge in [0.25, 0.3) is 0 Å². The number of anilines is 1. The van der Waals surface area contributed by atoms with Crippen LogP contribution in [0.4, 0.5) is 10.1 Å². The Morgan fingerprint density at radius 2 is 1.84 bits per heavy atom. The van der Waals surface area contributed by atoms with Gasteiger partial charge in [-0.15, -0.1) is 0 Å². The Morgan fingerprint density at radius 1 is 1.14 bits per heavy atom. The van der Waals surface area contributed by atoms with Gasteiger partial charge in [0.15, 0.2) is 0 Å². The lowest BCUT2D eigenvalue weighted by molar-refractivity contribution is 0.0708. The van der Waals surface area contributed by atoms with Crippen molar-refractivity contribution >= 4 is 26.5 Å². The molecule has 1 aliphatic heterocycles. The highest BCUT2D eigenvalue weighted by atomic mass is 35.5. The Hall–Kier alpha value is -2.52. The van der Waals surface area contributed by atoms with Crippen molar-refractivity contribution in [3.05, 3.63) is 99.8 Å². The van der Waals surface area contributed by atoms with E-state index in [2.05, 4.69) is 25.1 Å². The van der Waals surface area contributed by atoms with Gasteiger partial charge in [0.2, 0.25) is 0 Å². The van der Waals surface area contributed by atoms with E-state index in [1.165, 1.54) is 12.1 Å². The third-order valence-electron chi connectivity index (χ3n) is 6.87. The van der Waals surface area contributed by atoms with Crippen molar-refractivity contribution < 1.29 is 14.6 Å². The van der Waals surface area contributed by atoms with E-state index in [4.69, 9.17) is 16.9 Å². The summed E-state index contributed by atoms with van der Waals surface area (Å²) in [4.78, 5) is 4.44. The minimum Gasteiger partial charge on any atom is -0.393 e. The first-order chi connectivity index (χ1) is 17.7. The first-order valence-corrected chi connectivity index (χ1v) is 13.3. The van der Waals surface area contributed by atoms with Crippen LogP contribution in [0, 0.1) is 17.1 Å². The molecule has 8 heteroatoms. The van der Waals surface area contributed by atoms with Crippen LogP contribution in [0.3, 0.4) is 0 Å². The molecule has 1 unspecified atom stereocenters. The lowest BCUT2D eigenvalue weighted by atomic mass is 9.99. The highest BCUT2D eigenvalue weighted by molar-refractivity contribution is 7.18. The molecule has 0 aromatic heterocycles. The second kappa shape index (κ2) is 11.9. The standard InChI is InChI=1S/C29H32ClFN3O2P/c1-20(35)2-3-21-6-13-27(26(30)16-21)34-15-14-33(18-28(34)23-7-11-25(31)12-8-23)19-29(36,37)24-9-4-22(17-32)5-10-24/h4-13,16,20,28,35-36H,2-3,14-15,18-19,37H2,1H3/t20-,28+,29+/m1/s1. The summed E-state index contributed by atoms with van der Waals surface area (Å²) in [5.74, 6) is -0.288. The summed E-state index contributed by atoms with van der Waals surface area (Å²) in [6.45, 7) is 4.13. The molecule has 1 fully saturated rings. The van der Waals surface area contributed by atoms with Gasteiger partial charge in [0, 0.05) is 26.2 Å². The van der Waals surface area contributed by atoms with Crippen LogP contribution in [0.2, 0.25) is 5.02 Å². The minimum absolute atomic E-state index is 0.100. The van der Waals surface area contributed by atoms with Gasteiger partial charge in [-0.2, -0.15) is 5.26 Å². The second-order valence-corrected chi connectivity index (χ2v) is 11.1. The molecule has 3 aromatic carbocycles. The number of piperazine rings is 1. The fraction of sp³-hybridized carbons (Fsp3) is 0.345. The Balaban J connectivity index is 1.57. The maximum absolute atomic E-state index is 13.7. The summed E-state index contributed by atoms with van der Waals surface area (Å²) in [6.07, 6.45) is 1.05. The Kier molecular flexibility index (Phi) is 8.85.